The molecule has 0 N–H and O–H groups in total. The van der Waals surface area contributed by atoms with Crippen molar-refractivity contribution in [2.24, 2.45) is 0 Å². The lowest BCUT2D eigenvalue weighted by Crippen LogP contribution is -2.20. The maximum Gasteiger partial charge on any atom is 0.263 e. The van der Waals surface area contributed by atoms with Gasteiger partial charge in [0.2, 0.25) is 0 Å². The van der Waals surface area contributed by atoms with Crippen molar-refractivity contribution < 1.29 is 0 Å². The third kappa shape index (κ3) is 2.92. The van der Waals surface area contributed by atoms with Crippen LogP contribution in [0.3, 0.4) is 0 Å². The molecule has 2 aromatic carbocycles. The third-order valence-corrected chi connectivity index (χ3v) is 5.25. The van der Waals surface area contributed by atoms with Gasteiger partial charge in [0, 0.05) is 10.9 Å². The van der Waals surface area contributed by atoms with Crippen LogP contribution in [0.2, 0.25) is 0 Å². The van der Waals surface area contributed by atoms with Crippen LogP contribution in [0.4, 0.5) is 0 Å². The van der Waals surface area contributed by atoms with E-state index in [0.29, 0.717) is 17.5 Å². The maximum atomic E-state index is 13.1. The second-order valence-corrected chi connectivity index (χ2v) is 7.04. The first-order valence-corrected chi connectivity index (χ1v) is 9.06. The van der Waals surface area contributed by atoms with E-state index in [1.54, 1.807) is 23.0 Å². The van der Waals surface area contributed by atoms with E-state index >= 15 is 0 Å². The van der Waals surface area contributed by atoms with Crippen LogP contribution in [-0.4, -0.2) is 9.55 Å². The minimum atomic E-state index is -0.0452. The zero-order valence-electron chi connectivity index (χ0n) is 14.1. The van der Waals surface area contributed by atoms with Gasteiger partial charge in [-0.3, -0.25) is 9.36 Å². The van der Waals surface area contributed by atoms with Crippen LogP contribution in [0.25, 0.3) is 21.3 Å². The minimum absolute atomic E-state index is 0.0452. The molecule has 0 amide bonds. The van der Waals surface area contributed by atoms with E-state index in [1.165, 1.54) is 16.9 Å². The smallest absolute Gasteiger partial charge is 0.263 e. The van der Waals surface area contributed by atoms with Gasteiger partial charge in [0.1, 0.15) is 4.83 Å². The van der Waals surface area contributed by atoms with E-state index in [-0.39, 0.29) is 5.56 Å². The van der Waals surface area contributed by atoms with Crippen LogP contribution < -0.4 is 5.56 Å². The Bertz CT molecular complexity index is 1180. The Balaban J connectivity index is 1.78. The zero-order valence-corrected chi connectivity index (χ0v) is 15.0. The molecule has 0 saturated carbocycles. The molecule has 0 atom stereocenters. The van der Waals surface area contributed by atoms with Crippen molar-refractivity contribution in [2.45, 2.75) is 13.5 Å². The van der Waals surface area contributed by atoms with E-state index in [0.717, 1.165) is 21.5 Å². The summed E-state index contributed by atoms with van der Waals surface area (Å²) in [7, 11) is 0. The van der Waals surface area contributed by atoms with Crippen molar-refractivity contribution in [3.8, 4) is 17.2 Å². The summed E-state index contributed by atoms with van der Waals surface area (Å²) in [6.45, 7) is 2.47. The molecule has 2 heterocycles. The van der Waals surface area contributed by atoms with Gasteiger partial charge in [0.05, 0.1) is 29.9 Å². The molecule has 0 aliphatic rings. The highest BCUT2D eigenvalue weighted by molar-refractivity contribution is 7.17. The molecule has 0 fully saturated rings. The van der Waals surface area contributed by atoms with Crippen molar-refractivity contribution in [3.05, 3.63) is 87.3 Å². The van der Waals surface area contributed by atoms with Gasteiger partial charge in [-0.15, -0.1) is 11.3 Å². The first-order valence-electron chi connectivity index (χ1n) is 8.18. The summed E-state index contributed by atoms with van der Waals surface area (Å²) < 4.78 is 1.62. The molecule has 2 aromatic heterocycles. The monoisotopic (exact) mass is 357 g/mol. The molecule has 0 unspecified atom stereocenters. The quantitative estimate of drug-likeness (QED) is 0.547. The van der Waals surface area contributed by atoms with Gasteiger partial charge in [-0.1, -0.05) is 42.0 Å². The highest BCUT2D eigenvalue weighted by Crippen LogP contribution is 2.30. The van der Waals surface area contributed by atoms with E-state index in [1.807, 2.05) is 48.7 Å². The van der Waals surface area contributed by atoms with Gasteiger partial charge < -0.3 is 0 Å². The Morgan fingerprint density at radius 1 is 1.12 bits per heavy atom. The maximum absolute atomic E-state index is 13.1. The van der Waals surface area contributed by atoms with Gasteiger partial charge in [0.25, 0.3) is 5.56 Å². The number of hydrogen-bond acceptors (Lipinski definition) is 4. The van der Waals surface area contributed by atoms with Gasteiger partial charge in [0.15, 0.2) is 0 Å². The van der Waals surface area contributed by atoms with Crippen LogP contribution >= 0.6 is 11.3 Å². The predicted molar refractivity (Wildman–Crippen MR) is 104 cm³/mol. The standard InChI is InChI=1S/C21H15N3OS/c1-14-2-8-17(9-3-14)18-12-26-20-19(18)21(25)24(13-23-20)11-16-6-4-15(10-22)5-7-16/h2-9,12-13H,11H2,1H3. The van der Waals surface area contributed by atoms with Gasteiger partial charge in [-0.05, 0) is 30.2 Å². The fraction of sp³-hybridized carbons (Fsp3) is 0.0952. The lowest BCUT2D eigenvalue weighted by molar-refractivity contribution is 0.749. The molecule has 0 spiro atoms. The van der Waals surface area contributed by atoms with Crippen molar-refractivity contribution in [1.29, 1.82) is 5.26 Å². The normalized spacial score (nSPS) is 10.8. The molecule has 26 heavy (non-hydrogen) atoms. The molecular weight excluding hydrogens is 342 g/mol. The number of aryl methyl sites for hydroxylation is 1. The SMILES string of the molecule is Cc1ccc(-c2csc3ncn(Cc4ccc(C#N)cc4)c(=O)c23)cc1. The summed E-state index contributed by atoms with van der Waals surface area (Å²) in [5.74, 6) is 0. The highest BCUT2D eigenvalue weighted by atomic mass is 32.1. The number of thiophene rings is 1. The second kappa shape index (κ2) is 6.58. The fourth-order valence-electron chi connectivity index (χ4n) is 2.91. The average molecular weight is 357 g/mol. The molecule has 0 aliphatic carbocycles. The molecule has 0 bridgehead atoms. The van der Waals surface area contributed by atoms with Crippen LogP contribution in [0.5, 0.6) is 0 Å². The third-order valence-electron chi connectivity index (χ3n) is 4.36. The summed E-state index contributed by atoms with van der Waals surface area (Å²) in [5.41, 5.74) is 4.66. The van der Waals surface area contributed by atoms with Crippen molar-refractivity contribution in [1.82, 2.24) is 9.55 Å². The van der Waals surface area contributed by atoms with E-state index in [2.05, 4.69) is 11.1 Å². The van der Waals surface area contributed by atoms with Crippen LogP contribution in [0.15, 0.2) is 65.0 Å². The van der Waals surface area contributed by atoms with Crippen molar-refractivity contribution >= 4 is 21.6 Å². The summed E-state index contributed by atoms with van der Waals surface area (Å²) in [6, 6.07) is 17.5. The van der Waals surface area contributed by atoms with Crippen molar-refractivity contribution in [3.63, 3.8) is 0 Å². The van der Waals surface area contributed by atoms with Gasteiger partial charge in [-0.2, -0.15) is 5.26 Å². The molecule has 0 aliphatic heterocycles. The summed E-state index contributed by atoms with van der Waals surface area (Å²) in [4.78, 5) is 18.3. The first-order chi connectivity index (χ1) is 12.7. The summed E-state index contributed by atoms with van der Waals surface area (Å²) >= 11 is 1.49. The van der Waals surface area contributed by atoms with E-state index < -0.39 is 0 Å². The minimum Gasteiger partial charge on any atom is -0.294 e. The Morgan fingerprint density at radius 2 is 1.85 bits per heavy atom. The Morgan fingerprint density at radius 3 is 2.54 bits per heavy atom. The molecule has 126 valence electrons. The molecule has 4 nitrogen and oxygen atoms in total. The Kier molecular flexibility index (Phi) is 4.11. The number of benzene rings is 2. The molecule has 0 saturated heterocycles. The van der Waals surface area contributed by atoms with Crippen LogP contribution in [0, 0.1) is 18.3 Å². The topological polar surface area (TPSA) is 58.7 Å². The largest absolute Gasteiger partial charge is 0.294 e. The van der Waals surface area contributed by atoms with Crippen LogP contribution in [-0.2, 0) is 6.54 Å². The number of rotatable bonds is 3. The average Bonchev–Trinajstić information content (AvgIpc) is 3.10. The summed E-state index contributed by atoms with van der Waals surface area (Å²) in [6.07, 6.45) is 1.60. The van der Waals surface area contributed by atoms with E-state index in [4.69, 9.17) is 5.26 Å². The van der Waals surface area contributed by atoms with E-state index in [9.17, 15) is 4.79 Å². The molecule has 0 radical (unpaired) electrons. The van der Waals surface area contributed by atoms with Gasteiger partial charge in [-0.25, -0.2) is 4.98 Å². The van der Waals surface area contributed by atoms with Crippen molar-refractivity contribution in [2.75, 3.05) is 0 Å². The van der Waals surface area contributed by atoms with Gasteiger partial charge >= 0.3 is 0 Å². The molecule has 5 heteroatoms. The molecular formula is C21H15N3OS. The number of aromatic nitrogens is 2. The summed E-state index contributed by atoms with van der Waals surface area (Å²) in [5, 5.41) is 11.6. The number of fused-ring (bicyclic) bond motifs is 1. The second-order valence-electron chi connectivity index (χ2n) is 6.18. The lowest BCUT2D eigenvalue weighted by atomic mass is 10.1. The number of hydrogen-bond donors (Lipinski definition) is 0. The zero-order chi connectivity index (χ0) is 18.1. The predicted octanol–water partition coefficient (Wildman–Crippen LogP) is 4.35. The first kappa shape index (κ1) is 16.2. The Hall–Kier alpha value is -3.23. The number of nitriles is 1. The molecule has 4 aromatic rings. The lowest BCUT2D eigenvalue weighted by Gasteiger charge is -2.07. The fourth-order valence-corrected chi connectivity index (χ4v) is 3.81. The Labute approximate surface area is 154 Å². The van der Waals surface area contributed by atoms with Crippen LogP contribution in [0.1, 0.15) is 16.7 Å². The number of nitrogens with zero attached hydrogens (tertiary/aromatic N) is 3. The molecule has 4 rings (SSSR count). The highest BCUT2D eigenvalue weighted by Gasteiger charge is 2.13.